The van der Waals surface area contributed by atoms with Crippen LogP contribution in [0.25, 0.3) is 0 Å². The summed E-state index contributed by atoms with van der Waals surface area (Å²) in [6, 6.07) is 4.59. The fraction of sp³-hybridized carbons (Fsp3) is 0.533. The zero-order valence-electron chi connectivity index (χ0n) is 12.4. The minimum atomic E-state index is -0.513. The van der Waals surface area contributed by atoms with Crippen LogP contribution in [0.5, 0.6) is 0 Å². The van der Waals surface area contributed by atoms with E-state index in [-0.39, 0.29) is 22.6 Å². The van der Waals surface area contributed by atoms with Gasteiger partial charge in [-0.3, -0.25) is 14.9 Å². The number of rotatable bonds is 4. The average Bonchev–Trinajstić information content (AvgIpc) is 2.45. The second-order valence-corrected chi connectivity index (χ2v) is 6.02. The van der Waals surface area contributed by atoms with Crippen molar-refractivity contribution in [3.05, 3.63) is 39.4 Å². The first-order valence-corrected chi connectivity index (χ1v) is 7.15. The molecule has 0 bridgehead atoms. The summed E-state index contributed by atoms with van der Waals surface area (Å²) in [5.41, 5.74) is 0.879. The van der Waals surface area contributed by atoms with Crippen molar-refractivity contribution in [1.82, 2.24) is 10.6 Å². The molecule has 2 N–H and O–H groups in total. The third-order valence-corrected chi connectivity index (χ3v) is 4.08. The minimum Gasteiger partial charge on any atom is -0.351 e. The van der Waals surface area contributed by atoms with Crippen LogP contribution in [0.4, 0.5) is 5.69 Å². The molecule has 6 nitrogen and oxygen atoms in total. The van der Waals surface area contributed by atoms with E-state index in [0.29, 0.717) is 6.54 Å². The van der Waals surface area contributed by atoms with E-state index < -0.39 is 4.92 Å². The van der Waals surface area contributed by atoms with Gasteiger partial charge in [-0.25, -0.2) is 0 Å². The van der Waals surface area contributed by atoms with E-state index in [0.717, 1.165) is 31.5 Å². The van der Waals surface area contributed by atoms with Crippen LogP contribution in [0.15, 0.2) is 18.2 Å². The molecule has 1 aromatic rings. The van der Waals surface area contributed by atoms with E-state index in [1.165, 1.54) is 6.07 Å². The summed E-state index contributed by atoms with van der Waals surface area (Å²) in [4.78, 5) is 22.8. The van der Waals surface area contributed by atoms with Crippen LogP contribution in [0.2, 0.25) is 0 Å². The van der Waals surface area contributed by atoms with Crippen LogP contribution in [-0.4, -0.2) is 30.5 Å². The number of carbonyl (C=O) groups is 1. The maximum atomic E-state index is 12.3. The standard InChI is InChI=1S/C15H21N3O3/c1-11-3-4-13(18(20)21)12(9-11)14(19)17-10-15(2)5-7-16-8-6-15/h3-4,9,16H,5-8,10H2,1-2H3,(H,17,19). The van der Waals surface area contributed by atoms with Crippen LogP contribution in [0, 0.1) is 22.5 Å². The largest absolute Gasteiger partial charge is 0.351 e. The van der Waals surface area contributed by atoms with Crippen molar-refractivity contribution in [2.75, 3.05) is 19.6 Å². The van der Waals surface area contributed by atoms with E-state index in [1.807, 2.05) is 6.92 Å². The molecule has 1 aliphatic rings. The highest BCUT2D eigenvalue weighted by Gasteiger charge is 2.28. The summed E-state index contributed by atoms with van der Waals surface area (Å²) in [5, 5.41) is 17.2. The highest BCUT2D eigenvalue weighted by Crippen LogP contribution is 2.27. The molecule has 1 saturated heterocycles. The molecule has 0 aromatic heterocycles. The molecule has 0 atom stereocenters. The van der Waals surface area contributed by atoms with E-state index >= 15 is 0 Å². The van der Waals surface area contributed by atoms with Crippen molar-refractivity contribution in [2.24, 2.45) is 5.41 Å². The van der Waals surface area contributed by atoms with E-state index in [1.54, 1.807) is 12.1 Å². The third kappa shape index (κ3) is 3.78. The molecule has 21 heavy (non-hydrogen) atoms. The fourth-order valence-electron chi connectivity index (χ4n) is 2.59. The predicted octanol–water partition coefficient (Wildman–Crippen LogP) is 2.02. The van der Waals surface area contributed by atoms with Crippen molar-refractivity contribution in [3.63, 3.8) is 0 Å². The van der Waals surface area contributed by atoms with Crippen molar-refractivity contribution < 1.29 is 9.72 Å². The summed E-state index contributed by atoms with van der Waals surface area (Å²) in [6.07, 6.45) is 1.98. The first kappa shape index (κ1) is 15.4. The lowest BCUT2D eigenvalue weighted by Crippen LogP contribution is -2.43. The van der Waals surface area contributed by atoms with Crippen LogP contribution < -0.4 is 10.6 Å². The van der Waals surface area contributed by atoms with E-state index in [9.17, 15) is 14.9 Å². The Balaban J connectivity index is 2.09. The highest BCUT2D eigenvalue weighted by molar-refractivity contribution is 5.98. The number of nitro benzene ring substituents is 1. The van der Waals surface area contributed by atoms with Gasteiger partial charge in [0, 0.05) is 12.6 Å². The number of nitro groups is 1. The molecule has 1 fully saturated rings. The Bertz CT molecular complexity index is 551. The lowest BCUT2D eigenvalue weighted by atomic mass is 9.81. The van der Waals surface area contributed by atoms with Crippen LogP contribution in [-0.2, 0) is 0 Å². The van der Waals surface area contributed by atoms with E-state index in [2.05, 4.69) is 17.6 Å². The second-order valence-electron chi connectivity index (χ2n) is 6.02. The summed E-state index contributed by atoms with van der Waals surface area (Å²) in [7, 11) is 0. The number of hydrogen-bond acceptors (Lipinski definition) is 4. The average molecular weight is 291 g/mol. The number of carbonyl (C=O) groups excluding carboxylic acids is 1. The van der Waals surface area contributed by atoms with Crippen molar-refractivity contribution in [2.45, 2.75) is 26.7 Å². The molecule has 0 saturated carbocycles. The molecule has 0 aliphatic carbocycles. The predicted molar refractivity (Wildman–Crippen MR) is 80.4 cm³/mol. The molecule has 1 heterocycles. The molecule has 1 aromatic carbocycles. The van der Waals surface area contributed by atoms with Gasteiger partial charge < -0.3 is 10.6 Å². The number of benzene rings is 1. The van der Waals surface area contributed by atoms with Crippen LogP contribution in [0.3, 0.4) is 0 Å². The minimum absolute atomic E-state index is 0.0551. The van der Waals surface area contributed by atoms with Crippen molar-refractivity contribution in [3.8, 4) is 0 Å². The molecule has 114 valence electrons. The SMILES string of the molecule is Cc1ccc([N+](=O)[O-])c(C(=O)NCC2(C)CCNCC2)c1. The topological polar surface area (TPSA) is 84.3 Å². The Morgan fingerprint density at radius 2 is 2.10 bits per heavy atom. The number of piperidine rings is 1. The monoisotopic (exact) mass is 291 g/mol. The lowest BCUT2D eigenvalue weighted by molar-refractivity contribution is -0.385. The van der Waals surface area contributed by atoms with Gasteiger partial charge in [0.1, 0.15) is 5.56 Å². The quantitative estimate of drug-likeness (QED) is 0.656. The summed E-state index contributed by atoms with van der Waals surface area (Å²) < 4.78 is 0. The van der Waals surface area contributed by atoms with Crippen LogP contribution >= 0.6 is 0 Å². The first-order valence-electron chi connectivity index (χ1n) is 7.15. The number of hydrogen-bond donors (Lipinski definition) is 2. The van der Waals surface area contributed by atoms with Crippen LogP contribution in [0.1, 0.15) is 35.7 Å². The molecule has 0 spiro atoms. The molecule has 6 heteroatoms. The Labute approximate surface area is 124 Å². The van der Waals surface area contributed by atoms with Gasteiger partial charge in [0.2, 0.25) is 0 Å². The second kappa shape index (κ2) is 6.22. The zero-order valence-corrected chi connectivity index (χ0v) is 12.4. The highest BCUT2D eigenvalue weighted by atomic mass is 16.6. The molecular formula is C15H21N3O3. The maximum Gasteiger partial charge on any atom is 0.282 e. The molecule has 1 aliphatic heterocycles. The number of nitrogens with zero attached hydrogens (tertiary/aromatic N) is 1. The maximum absolute atomic E-state index is 12.3. The number of aryl methyl sites for hydroxylation is 1. The van der Waals surface area contributed by atoms with Gasteiger partial charge in [0.15, 0.2) is 0 Å². The third-order valence-electron chi connectivity index (χ3n) is 4.08. The molecule has 2 rings (SSSR count). The fourth-order valence-corrected chi connectivity index (χ4v) is 2.59. The Hall–Kier alpha value is -1.95. The first-order chi connectivity index (χ1) is 9.91. The lowest BCUT2D eigenvalue weighted by Gasteiger charge is -2.34. The number of amides is 1. The number of nitrogens with one attached hydrogen (secondary N) is 2. The van der Waals surface area contributed by atoms with E-state index in [4.69, 9.17) is 0 Å². The zero-order chi connectivity index (χ0) is 15.5. The summed E-state index contributed by atoms with van der Waals surface area (Å²) >= 11 is 0. The molecular weight excluding hydrogens is 270 g/mol. The van der Waals surface area contributed by atoms with Gasteiger partial charge in [-0.15, -0.1) is 0 Å². The van der Waals surface area contributed by atoms with Gasteiger partial charge >= 0.3 is 0 Å². The Morgan fingerprint density at radius 1 is 1.43 bits per heavy atom. The van der Waals surface area contributed by atoms with Gasteiger partial charge in [-0.1, -0.05) is 13.0 Å². The Kier molecular flexibility index (Phi) is 4.57. The van der Waals surface area contributed by atoms with Crippen molar-refractivity contribution >= 4 is 11.6 Å². The molecule has 0 unspecified atom stereocenters. The Morgan fingerprint density at radius 3 is 2.71 bits per heavy atom. The van der Waals surface area contributed by atoms with Crippen molar-refractivity contribution in [1.29, 1.82) is 0 Å². The normalized spacial score (nSPS) is 17.2. The molecule has 0 radical (unpaired) electrons. The van der Waals surface area contributed by atoms with Gasteiger partial charge in [-0.05, 0) is 49.9 Å². The molecule has 1 amide bonds. The van der Waals surface area contributed by atoms with Gasteiger partial charge in [0.05, 0.1) is 4.92 Å². The van der Waals surface area contributed by atoms with Gasteiger partial charge in [0.25, 0.3) is 11.6 Å². The van der Waals surface area contributed by atoms with Gasteiger partial charge in [-0.2, -0.15) is 0 Å². The summed E-state index contributed by atoms with van der Waals surface area (Å²) in [5.74, 6) is -0.370. The summed E-state index contributed by atoms with van der Waals surface area (Å²) in [6.45, 7) is 6.37. The smallest absolute Gasteiger partial charge is 0.282 e.